The Morgan fingerprint density at radius 2 is 1.70 bits per heavy atom. The third-order valence-corrected chi connectivity index (χ3v) is 4.83. The number of rotatable bonds is 6. The number of benzene rings is 3. The van der Waals surface area contributed by atoms with Gasteiger partial charge in [-0.2, -0.15) is 5.10 Å². The van der Waals surface area contributed by atoms with Crippen LogP contribution in [-0.4, -0.2) is 15.7 Å². The second-order valence-electron chi connectivity index (χ2n) is 6.93. The predicted octanol–water partition coefficient (Wildman–Crippen LogP) is 4.18. The van der Waals surface area contributed by atoms with E-state index in [9.17, 15) is 9.59 Å². The third-order valence-electron chi connectivity index (χ3n) is 4.83. The molecule has 30 heavy (non-hydrogen) atoms. The number of nitrogens with one attached hydrogen (secondary N) is 1. The van der Waals surface area contributed by atoms with E-state index in [0.717, 1.165) is 11.3 Å². The summed E-state index contributed by atoms with van der Waals surface area (Å²) in [5.74, 6) is 0.493. The molecule has 3 aromatic carbocycles. The zero-order chi connectivity index (χ0) is 20.9. The Morgan fingerprint density at radius 3 is 2.47 bits per heavy atom. The molecule has 6 heteroatoms. The molecule has 0 radical (unpaired) electrons. The predicted molar refractivity (Wildman–Crippen MR) is 117 cm³/mol. The van der Waals surface area contributed by atoms with Crippen molar-refractivity contribution in [3.63, 3.8) is 0 Å². The van der Waals surface area contributed by atoms with Crippen molar-refractivity contribution in [1.29, 1.82) is 0 Å². The Kier molecular flexibility index (Phi) is 5.57. The Hall–Kier alpha value is -3.93. The summed E-state index contributed by atoms with van der Waals surface area (Å²) < 4.78 is 7.33. The van der Waals surface area contributed by atoms with Crippen molar-refractivity contribution < 1.29 is 9.53 Å². The molecule has 4 rings (SSSR count). The van der Waals surface area contributed by atoms with Crippen LogP contribution in [0, 0.1) is 0 Å². The molecule has 0 bridgehead atoms. The molecule has 0 fully saturated rings. The number of hydrogen-bond acceptors (Lipinski definition) is 4. The molecule has 0 unspecified atom stereocenters. The molecule has 0 saturated carbocycles. The minimum absolute atomic E-state index is 0.166. The minimum atomic E-state index is -0.593. The number of carbonyl (C=O) groups is 1. The number of amides is 1. The summed E-state index contributed by atoms with van der Waals surface area (Å²) in [4.78, 5) is 24.8. The van der Waals surface area contributed by atoms with Crippen molar-refractivity contribution in [2.24, 2.45) is 0 Å². The molecule has 0 saturated heterocycles. The normalized spacial score (nSPS) is 11.8. The molecule has 4 aromatic rings. The zero-order valence-corrected chi connectivity index (χ0v) is 16.5. The zero-order valence-electron chi connectivity index (χ0n) is 16.5. The van der Waals surface area contributed by atoms with Gasteiger partial charge in [0.15, 0.2) is 0 Å². The lowest BCUT2D eigenvalue weighted by Gasteiger charge is -2.17. The van der Waals surface area contributed by atoms with E-state index in [1.807, 2.05) is 48.5 Å². The number of para-hydroxylation sites is 1. The molecule has 1 aromatic heterocycles. The van der Waals surface area contributed by atoms with Crippen LogP contribution in [0.15, 0.2) is 89.9 Å². The van der Waals surface area contributed by atoms with Crippen LogP contribution in [0.1, 0.15) is 18.5 Å². The van der Waals surface area contributed by atoms with Gasteiger partial charge in [-0.3, -0.25) is 14.3 Å². The van der Waals surface area contributed by atoms with E-state index in [-0.39, 0.29) is 11.3 Å². The van der Waals surface area contributed by atoms with Crippen LogP contribution >= 0.6 is 0 Å². The van der Waals surface area contributed by atoms with Gasteiger partial charge in [-0.05, 0) is 48.9 Å². The summed E-state index contributed by atoms with van der Waals surface area (Å²) in [6.45, 7) is 2.23. The van der Waals surface area contributed by atoms with E-state index in [1.165, 1.54) is 6.20 Å². The highest BCUT2D eigenvalue weighted by Crippen LogP contribution is 2.19. The van der Waals surface area contributed by atoms with Gasteiger partial charge in [0, 0.05) is 11.1 Å². The summed E-state index contributed by atoms with van der Waals surface area (Å²) >= 11 is 0. The number of carbonyl (C=O) groups excluding carboxylic acids is 1. The Labute approximate surface area is 173 Å². The SMILES string of the molecule is C[C@@H](C(=O)Nc1ccc(OCc2ccccc2)cc1)n1ncc(=O)c2ccccc21. The van der Waals surface area contributed by atoms with Crippen molar-refractivity contribution >= 4 is 22.5 Å². The molecule has 1 heterocycles. The van der Waals surface area contributed by atoms with Crippen LogP contribution in [0.2, 0.25) is 0 Å². The molecule has 1 atom stereocenters. The van der Waals surface area contributed by atoms with Gasteiger partial charge in [-0.1, -0.05) is 42.5 Å². The highest BCUT2D eigenvalue weighted by molar-refractivity contribution is 5.94. The first-order valence-corrected chi connectivity index (χ1v) is 9.66. The van der Waals surface area contributed by atoms with Crippen molar-refractivity contribution in [3.05, 3.63) is 101 Å². The summed E-state index contributed by atoms with van der Waals surface area (Å²) in [5.41, 5.74) is 2.20. The average Bonchev–Trinajstić information content (AvgIpc) is 2.79. The largest absolute Gasteiger partial charge is 0.489 e. The first kappa shape index (κ1) is 19.4. The smallest absolute Gasteiger partial charge is 0.248 e. The molecule has 0 spiro atoms. The highest BCUT2D eigenvalue weighted by atomic mass is 16.5. The maximum absolute atomic E-state index is 12.8. The van der Waals surface area contributed by atoms with Gasteiger partial charge in [0.05, 0.1) is 11.7 Å². The summed E-state index contributed by atoms with van der Waals surface area (Å²) in [5, 5.41) is 7.58. The van der Waals surface area contributed by atoms with Crippen LogP contribution in [0.3, 0.4) is 0 Å². The molecular weight excluding hydrogens is 378 g/mol. The third kappa shape index (κ3) is 4.22. The maximum atomic E-state index is 12.8. The van der Waals surface area contributed by atoms with Crippen molar-refractivity contribution in [2.75, 3.05) is 5.32 Å². The van der Waals surface area contributed by atoms with E-state index in [0.29, 0.717) is 23.2 Å². The molecule has 0 aliphatic carbocycles. The van der Waals surface area contributed by atoms with Crippen LogP contribution < -0.4 is 15.5 Å². The minimum Gasteiger partial charge on any atom is -0.489 e. The average molecular weight is 399 g/mol. The molecule has 1 amide bonds. The number of ether oxygens (including phenoxy) is 1. The maximum Gasteiger partial charge on any atom is 0.248 e. The molecule has 150 valence electrons. The lowest BCUT2D eigenvalue weighted by molar-refractivity contribution is -0.119. The van der Waals surface area contributed by atoms with E-state index in [4.69, 9.17) is 4.74 Å². The standard InChI is InChI=1S/C24H21N3O3/c1-17(27-22-10-6-5-9-21(22)23(28)15-25-27)24(29)26-19-11-13-20(14-12-19)30-16-18-7-3-2-4-8-18/h2-15,17H,16H2,1H3,(H,26,29)/t17-/m0/s1. The van der Waals surface area contributed by atoms with E-state index >= 15 is 0 Å². The lowest BCUT2D eigenvalue weighted by Crippen LogP contribution is -2.26. The summed E-state index contributed by atoms with van der Waals surface area (Å²) in [6.07, 6.45) is 1.24. The summed E-state index contributed by atoms with van der Waals surface area (Å²) in [6, 6.07) is 23.7. The Morgan fingerprint density at radius 1 is 1.00 bits per heavy atom. The van der Waals surface area contributed by atoms with Crippen molar-refractivity contribution in [3.8, 4) is 5.75 Å². The van der Waals surface area contributed by atoms with Gasteiger partial charge in [-0.15, -0.1) is 0 Å². The molecule has 0 aliphatic heterocycles. The van der Waals surface area contributed by atoms with Gasteiger partial charge in [0.25, 0.3) is 0 Å². The topological polar surface area (TPSA) is 73.2 Å². The number of nitrogens with zero attached hydrogens (tertiary/aromatic N) is 2. The molecule has 0 aliphatic rings. The van der Waals surface area contributed by atoms with E-state index in [2.05, 4.69) is 10.4 Å². The first-order valence-electron chi connectivity index (χ1n) is 9.66. The van der Waals surface area contributed by atoms with Crippen LogP contribution in [-0.2, 0) is 11.4 Å². The number of hydrogen-bond donors (Lipinski definition) is 1. The lowest BCUT2D eigenvalue weighted by atomic mass is 10.2. The quantitative estimate of drug-likeness (QED) is 0.528. The molecular formula is C24H21N3O3. The van der Waals surface area contributed by atoms with Gasteiger partial charge in [-0.25, -0.2) is 0 Å². The van der Waals surface area contributed by atoms with Gasteiger partial charge in [0.2, 0.25) is 11.3 Å². The van der Waals surface area contributed by atoms with Crippen molar-refractivity contribution in [2.45, 2.75) is 19.6 Å². The monoisotopic (exact) mass is 399 g/mol. The van der Waals surface area contributed by atoms with Gasteiger partial charge >= 0.3 is 0 Å². The fourth-order valence-electron chi connectivity index (χ4n) is 3.17. The van der Waals surface area contributed by atoms with E-state index < -0.39 is 6.04 Å². The Balaban J connectivity index is 1.44. The number of fused-ring (bicyclic) bond motifs is 1. The molecule has 1 N–H and O–H groups in total. The Bertz CT molecular complexity index is 1220. The number of aromatic nitrogens is 2. The first-order chi connectivity index (χ1) is 14.6. The van der Waals surface area contributed by atoms with Crippen LogP contribution in [0.4, 0.5) is 5.69 Å². The fourth-order valence-corrected chi connectivity index (χ4v) is 3.17. The fraction of sp³-hybridized carbons (Fsp3) is 0.125. The highest BCUT2D eigenvalue weighted by Gasteiger charge is 2.18. The second kappa shape index (κ2) is 8.61. The van der Waals surface area contributed by atoms with Crippen molar-refractivity contribution in [1.82, 2.24) is 9.78 Å². The van der Waals surface area contributed by atoms with Gasteiger partial charge in [0.1, 0.15) is 18.4 Å². The van der Waals surface area contributed by atoms with E-state index in [1.54, 1.807) is 41.9 Å². The number of anilines is 1. The second-order valence-corrected chi connectivity index (χ2v) is 6.93. The van der Waals surface area contributed by atoms with Crippen LogP contribution in [0.5, 0.6) is 5.75 Å². The van der Waals surface area contributed by atoms with Gasteiger partial charge < -0.3 is 10.1 Å². The van der Waals surface area contributed by atoms with Crippen LogP contribution in [0.25, 0.3) is 10.9 Å². The summed E-state index contributed by atoms with van der Waals surface area (Å²) in [7, 11) is 0. The molecule has 6 nitrogen and oxygen atoms in total.